The van der Waals surface area contributed by atoms with Crippen LogP contribution in [0, 0.1) is 0 Å². The summed E-state index contributed by atoms with van der Waals surface area (Å²) in [5.74, 6) is 0. The summed E-state index contributed by atoms with van der Waals surface area (Å²) in [6.45, 7) is 0. The van der Waals surface area contributed by atoms with E-state index < -0.39 is 10.9 Å². The molecule has 0 amide bonds. The zero-order valence-corrected chi connectivity index (χ0v) is 9.35. The molecule has 16 heavy (non-hydrogen) atoms. The van der Waals surface area contributed by atoms with Gasteiger partial charge in [0.05, 0.1) is 0 Å². The molecule has 0 atom stereocenters. The molecule has 0 aliphatic carbocycles. The predicted octanol–water partition coefficient (Wildman–Crippen LogP) is 2.29. The summed E-state index contributed by atoms with van der Waals surface area (Å²) in [5.41, 5.74) is 2.75. The Morgan fingerprint density at radius 1 is 0.750 bits per heavy atom. The van der Waals surface area contributed by atoms with Crippen LogP contribution < -0.4 is 4.72 Å². The van der Waals surface area contributed by atoms with E-state index in [1.165, 1.54) is 0 Å². The van der Waals surface area contributed by atoms with Crippen molar-refractivity contribution >= 4 is 16.6 Å². The van der Waals surface area contributed by atoms with Gasteiger partial charge in [0.2, 0.25) is 10.9 Å². The molecule has 0 heterocycles. The van der Waals surface area contributed by atoms with Gasteiger partial charge in [-0.3, -0.25) is 4.72 Å². The van der Waals surface area contributed by atoms with Gasteiger partial charge in [0.1, 0.15) is 0 Å². The van der Waals surface area contributed by atoms with Gasteiger partial charge >= 0.3 is 0 Å². The minimum Gasteiger partial charge on any atom is -0.286 e. The number of benzene rings is 2. The van der Waals surface area contributed by atoms with Gasteiger partial charge in [0.15, 0.2) is 0 Å². The molecule has 0 aromatic heterocycles. The quantitative estimate of drug-likeness (QED) is 0.799. The van der Waals surface area contributed by atoms with Crippen molar-refractivity contribution < 1.29 is 8.42 Å². The third-order valence-corrected chi connectivity index (χ3v) is 2.65. The van der Waals surface area contributed by atoms with Crippen LogP contribution in [0.15, 0.2) is 54.6 Å². The van der Waals surface area contributed by atoms with Crippen LogP contribution in [0.25, 0.3) is 11.1 Å². The van der Waals surface area contributed by atoms with Crippen molar-refractivity contribution in [2.45, 2.75) is 0 Å². The number of thiol groups is 1. The third-order valence-electron chi connectivity index (χ3n) is 2.21. The van der Waals surface area contributed by atoms with E-state index in [-0.39, 0.29) is 0 Å². The van der Waals surface area contributed by atoms with Crippen LogP contribution in [0.4, 0.5) is 5.69 Å². The van der Waals surface area contributed by atoms with E-state index in [4.69, 9.17) is 0 Å². The van der Waals surface area contributed by atoms with Gasteiger partial charge in [-0.2, -0.15) is 0 Å². The Morgan fingerprint density at radius 2 is 1.31 bits per heavy atom. The first-order chi connectivity index (χ1) is 7.75. The molecule has 2 rings (SSSR count). The number of anilines is 1. The van der Waals surface area contributed by atoms with Gasteiger partial charge in [-0.05, 0) is 23.3 Å². The second kappa shape index (κ2) is 4.81. The van der Waals surface area contributed by atoms with Gasteiger partial charge < -0.3 is 0 Å². The van der Waals surface area contributed by atoms with E-state index in [9.17, 15) is 8.42 Å². The van der Waals surface area contributed by atoms with Crippen molar-refractivity contribution in [3.05, 3.63) is 54.6 Å². The highest BCUT2D eigenvalue weighted by Crippen LogP contribution is 2.20. The molecule has 3 nitrogen and oxygen atoms in total. The minimum atomic E-state index is -2.59. The summed E-state index contributed by atoms with van der Waals surface area (Å²) < 4.78 is 23.2. The first-order valence-electron chi connectivity index (χ1n) is 4.82. The zero-order chi connectivity index (χ0) is 11.4. The van der Waals surface area contributed by atoms with Crippen molar-refractivity contribution in [1.82, 2.24) is 0 Å². The normalized spacial score (nSPS) is 10.3. The topological polar surface area (TPSA) is 46.2 Å². The Balaban J connectivity index is 2.26. The van der Waals surface area contributed by atoms with Crippen LogP contribution in [-0.2, 0) is 10.9 Å². The Kier molecular flexibility index (Phi) is 3.22. The summed E-state index contributed by atoms with van der Waals surface area (Å²) in [6, 6.07) is 17.2. The fraction of sp³-hybridized carbons (Fsp3) is 0. The third kappa shape index (κ3) is 2.61. The predicted molar refractivity (Wildman–Crippen MR) is 65.8 cm³/mol. The van der Waals surface area contributed by atoms with Crippen LogP contribution in [0.5, 0.6) is 0 Å². The smallest absolute Gasteiger partial charge is 0.222 e. The van der Waals surface area contributed by atoms with Gasteiger partial charge in [0, 0.05) is 5.69 Å². The first kappa shape index (κ1) is 10.7. The van der Waals surface area contributed by atoms with Crippen LogP contribution in [0.1, 0.15) is 0 Å². The molecule has 0 bridgehead atoms. The van der Waals surface area contributed by atoms with Gasteiger partial charge in [-0.1, -0.05) is 42.5 Å². The highest BCUT2D eigenvalue weighted by atomic mass is 32.2. The fourth-order valence-electron chi connectivity index (χ4n) is 1.47. The molecule has 82 valence electrons. The van der Waals surface area contributed by atoms with Crippen LogP contribution in [0.3, 0.4) is 0 Å². The molecular weight excluding hydrogens is 222 g/mol. The summed E-state index contributed by atoms with van der Waals surface area (Å²) in [5, 5.41) is 0. The standard InChI is InChI=1S/C12H11NO2S/c14-16(15)13-12-8-6-11(7-9-12)10-4-2-1-3-5-10/h1-9,16H,(H,13,14,15). The number of rotatable bonds is 3. The number of nitrogens with one attached hydrogen (secondary N) is 1. The summed E-state index contributed by atoms with van der Waals surface area (Å²) in [6.07, 6.45) is 0. The monoisotopic (exact) mass is 233 g/mol. The van der Waals surface area contributed by atoms with E-state index in [0.29, 0.717) is 5.69 Å². The van der Waals surface area contributed by atoms with Gasteiger partial charge in [-0.15, -0.1) is 0 Å². The van der Waals surface area contributed by atoms with E-state index in [1.807, 2.05) is 42.5 Å². The maximum Gasteiger partial charge on any atom is 0.222 e. The zero-order valence-electron chi connectivity index (χ0n) is 8.46. The lowest BCUT2D eigenvalue weighted by Crippen LogP contribution is -1.93. The average molecular weight is 233 g/mol. The van der Waals surface area contributed by atoms with Crippen molar-refractivity contribution in [1.29, 1.82) is 0 Å². The number of hydrogen-bond acceptors (Lipinski definition) is 2. The molecule has 0 fully saturated rings. The minimum absolute atomic E-state index is 0.579. The number of hydrogen-bond donors (Lipinski definition) is 2. The molecule has 0 spiro atoms. The Bertz CT molecular complexity index is 525. The highest BCUT2D eigenvalue weighted by Gasteiger charge is 1.96. The molecular formula is C12H11NO2S. The SMILES string of the molecule is O=[SH](=O)Nc1ccc(-c2ccccc2)cc1. The Morgan fingerprint density at radius 3 is 1.88 bits per heavy atom. The van der Waals surface area contributed by atoms with Crippen molar-refractivity contribution in [3.8, 4) is 11.1 Å². The van der Waals surface area contributed by atoms with E-state index >= 15 is 0 Å². The first-order valence-corrected chi connectivity index (χ1v) is 6.00. The molecule has 1 N–H and O–H groups in total. The fourth-order valence-corrected chi connectivity index (χ4v) is 1.83. The highest BCUT2D eigenvalue weighted by molar-refractivity contribution is 7.73. The summed E-state index contributed by atoms with van der Waals surface area (Å²) in [4.78, 5) is 0. The van der Waals surface area contributed by atoms with Gasteiger partial charge in [0.25, 0.3) is 0 Å². The largest absolute Gasteiger partial charge is 0.286 e. The molecule has 0 aliphatic rings. The molecule has 0 saturated heterocycles. The maximum atomic E-state index is 10.4. The molecule has 0 aliphatic heterocycles. The lowest BCUT2D eigenvalue weighted by Gasteiger charge is -2.03. The average Bonchev–Trinajstić information content (AvgIpc) is 2.30. The lowest BCUT2D eigenvalue weighted by molar-refractivity contribution is 0.619. The second-order valence-corrected chi connectivity index (χ2v) is 4.05. The van der Waals surface area contributed by atoms with Gasteiger partial charge in [-0.25, -0.2) is 8.42 Å². The molecule has 0 unspecified atom stereocenters. The summed E-state index contributed by atoms with van der Waals surface area (Å²) >= 11 is 0. The van der Waals surface area contributed by atoms with E-state index in [1.54, 1.807) is 12.1 Å². The van der Waals surface area contributed by atoms with Crippen molar-refractivity contribution in [2.75, 3.05) is 4.72 Å². The molecule has 2 aromatic rings. The molecule has 4 heteroatoms. The Labute approximate surface area is 95.8 Å². The van der Waals surface area contributed by atoms with E-state index in [0.717, 1.165) is 11.1 Å². The van der Waals surface area contributed by atoms with E-state index in [2.05, 4.69) is 4.72 Å². The Hall–Kier alpha value is -1.81. The van der Waals surface area contributed by atoms with Crippen molar-refractivity contribution in [3.63, 3.8) is 0 Å². The lowest BCUT2D eigenvalue weighted by atomic mass is 10.1. The second-order valence-electron chi connectivity index (χ2n) is 3.31. The van der Waals surface area contributed by atoms with Crippen LogP contribution >= 0.6 is 0 Å². The summed E-state index contributed by atoms with van der Waals surface area (Å²) in [7, 11) is -2.59. The van der Waals surface area contributed by atoms with Crippen molar-refractivity contribution in [2.24, 2.45) is 0 Å². The maximum absolute atomic E-state index is 10.4. The molecule has 2 aromatic carbocycles. The molecule has 0 saturated carbocycles. The van der Waals surface area contributed by atoms with Crippen LogP contribution in [-0.4, -0.2) is 8.42 Å². The molecule has 0 radical (unpaired) electrons. The van der Waals surface area contributed by atoms with Crippen LogP contribution in [0.2, 0.25) is 0 Å².